The van der Waals surface area contributed by atoms with E-state index in [4.69, 9.17) is 4.74 Å². The number of ether oxygens (including phenoxy) is 1. The Kier molecular flexibility index (Phi) is 4.43. The lowest BCUT2D eigenvalue weighted by Gasteiger charge is -2.24. The zero-order valence-corrected chi connectivity index (χ0v) is 14.7. The van der Waals surface area contributed by atoms with Gasteiger partial charge < -0.3 is 9.64 Å². The first-order valence-corrected chi connectivity index (χ1v) is 8.27. The van der Waals surface area contributed by atoms with E-state index in [1.807, 2.05) is 20.8 Å². The van der Waals surface area contributed by atoms with Gasteiger partial charge in [-0.3, -0.25) is 4.79 Å². The molecule has 1 amide bonds. The highest BCUT2D eigenvalue weighted by Crippen LogP contribution is 2.26. The number of aromatic nitrogens is 5. The molecule has 126 valence electrons. The molecule has 3 heterocycles. The first kappa shape index (κ1) is 16.3. The van der Waals surface area contributed by atoms with Crippen LogP contribution in [0.25, 0.3) is 5.65 Å². The molecular weight excluding hydrogens is 328 g/mol. The fraction of sp³-hybridized carbons (Fsp3) is 0.400. The number of thiazole rings is 1. The van der Waals surface area contributed by atoms with Crippen molar-refractivity contribution in [3.63, 3.8) is 0 Å². The van der Waals surface area contributed by atoms with Gasteiger partial charge in [-0.15, -0.1) is 26.6 Å². The number of carbonyl (C=O) groups is 1. The van der Waals surface area contributed by atoms with Crippen LogP contribution in [0.2, 0.25) is 0 Å². The number of aryl methyl sites for hydroxylation is 2. The van der Waals surface area contributed by atoms with Gasteiger partial charge in [0, 0.05) is 18.0 Å². The third-order valence-corrected chi connectivity index (χ3v) is 4.69. The van der Waals surface area contributed by atoms with E-state index in [1.165, 1.54) is 10.8 Å². The minimum atomic E-state index is -0.141. The zero-order chi connectivity index (χ0) is 17.3. The number of amides is 1. The molecule has 3 aromatic rings. The Morgan fingerprint density at radius 1 is 1.42 bits per heavy atom. The van der Waals surface area contributed by atoms with Crippen molar-refractivity contribution in [1.82, 2.24) is 29.7 Å². The maximum Gasteiger partial charge on any atom is 0.260 e. The molecule has 0 aliphatic heterocycles. The van der Waals surface area contributed by atoms with Crippen molar-refractivity contribution >= 4 is 22.9 Å². The van der Waals surface area contributed by atoms with Gasteiger partial charge in [-0.05, 0) is 26.8 Å². The Labute approximate surface area is 143 Å². The fourth-order valence-electron chi connectivity index (χ4n) is 2.36. The monoisotopic (exact) mass is 346 g/mol. The Morgan fingerprint density at radius 2 is 2.21 bits per heavy atom. The van der Waals surface area contributed by atoms with Gasteiger partial charge in [0.15, 0.2) is 12.3 Å². The van der Waals surface area contributed by atoms with Crippen molar-refractivity contribution in [3.05, 3.63) is 34.0 Å². The number of likely N-dealkylation sites (N-methyl/N-ethyl adjacent to an activating group) is 1. The van der Waals surface area contributed by atoms with Gasteiger partial charge in [0.05, 0.1) is 16.7 Å². The molecule has 8 nitrogen and oxygen atoms in total. The maximum absolute atomic E-state index is 12.4. The number of hydrogen-bond donors (Lipinski definition) is 0. The molecule has 0 N–H and O–H groups in total. The van der Waals surface area contributed by atoms with Crippen LogP contribution < -0.4 is 4.74 Å². The summed E-state index contributed by atoms with van der Waals surface area (Å²) in [6.07, 6.45) is 1.48. The minimum Gasteiger partial charge on any atom is -0.467 e. The number of fused-ring (bicyclic) bond motifs is 1. The van der Waals surface area contributed by atoms with Crippen LogP contribution in [-0.4, -0.2) is 49.3 Å². The molecule has 0 bridgehead atoms. The average Bonchev–Trinajstić information content (AvgIpc) is 3.16. The highest BCUT2D eigenvalue weighted by molar-refractivity contribution is 7.11. The SMILES string of the molecule is Cc1nc([C@@H](C)N(C)C(=O)COc2ccc3nncn3n2)c(C)s1. The van der Waals surface area contributed by atoms with E-state index in [9.17, 15) is 4.79 Å². The molecule has 0 saturated heterocycles. The van der Waals surface area contributed by atoms with Gasteiger partial charge in [-0.25, -0.2) is 4.98 Å². The van der Waals surface area contributed by atoms with Crippen LogP contribution in [0, 0.1) is 13.8 Å². The van der Waals surface area contributed by atoms with Crippen LogP contribution in [-0.2, 0) is 4.79 Å². The van der Waals surface area contributed by atoms with Crippen molar-refractivity contribution in [3.8, 4) is 5.88 Å². The lowest BCUT2D eigenvalue weighted by molar-refractivity contribution is -0.134. The predicted octanol–water partition coefficient (Wildman–Crippen LogP) is 1.80. The van der Waals surface area contributed by atoms with Gasteiger partial charge >= 0.3 is 0 Å². The van der Waals surface area contributed by atoms with E-state index < -0.39 is 0 Å². The van der Waals surface area contributed by atoms with Crippen molar-refractivity contribution in [1.29, 1.82) is 0 Å². The summed E-state index contributed by atoms with van der Waals surface area (Å²) in [6, 6.07) is 3.28. The molecule has 0 saturated carbocycles. The third kappa shape index (κ3) is 3.21. The van der Waals surface area contributed by atoms with Crippen molar-refractivity contribution in [2.75, 3.05) is 13.7 Å². The topological polar surface area (TPSA) is 85.5 Å². The summed E-state index contributed by atoms with van der Waals surface area (Å²) >= 11 is 1.63. The minimum absolute atomic E-state index is 0.0936. The summed E-state index contributed by atoms with van der Waals surface area (Å²) in [7, 11) is 1.75. The second kappa shape index (κ2) is 6.52. The molecule has 0 radical (unpaired) electrons. The molecule has 24 heavy (non-hydrogen) atoms. The Morgan fingerprint density at radius 3 is 2.92 bits per heavy atom. The molecule has 0 aliphatic carbocycles. The van der Waals surface area contributed by atoms with Crippen LogP contribution >= 0.6 is 11.3 Å². The number of rotatable bonds is 5. The molecule has 0 aromatic carbocycles. The van der Waals surface area contributed by atoms with Gasteiger partial charge in [0.25, 0.3) is 5.91 Å². The van der Waals surface area contributed by atoms with E-state index in [-0.39, 0.29) is 18.6 Å². The van der Waals surface area contributed by atoms with Crippen LogP contribution in [0.1, 0.15) is 28.5 Å². The summed E-state index contributed by atoms with van der Waals surface area (Å²) in [5, 5.41) is 12.8. The van der Waals surface area contributed by atoms with Gasteiger partial charge in [-0.1, -0.05) is 0 Å². The summed E-state index contributed by atoms with van der Waals surface area (Å²) in [5.74, 6) is 0.204. The van der Waals surface area contributed by atoms with Crippen LogP contribution in [0.4, 0.5) is 0 Å². The fourth-order valence-corrected chi connectivity index (χ4v) is 3.27. The van der Waals surface area contributed by atoms with Gasteiger partial charge in [0.1, 0.15) is 6.33 Å². The van der Waals surface area contributed by atoms with Crippen LogP contribution in [0.3, 0.4) is 0 Å². The summed E-state index contributed by atoms with van der Waals surface area (Å²) < 4.78 is 6.99. The van der Waals surface area contributed by atoms with E-state index >= 15 is 0 Å². The lowest BCUT2D eigenvalue weighted by atomic mass is 10.2. The molecule has 0 fully saturated rings. The quantitative estimate of drug-likeness (QED) is 0.700. The highest BCUT2D eigenvalue weighted by atomic mass is 32.1. The molecular formula is C15H18N6O2S. The zero-order valence-electron chi connectivity index (χ0n) is 13.9. The second-order valence-electron chi connectivity index (χ2n) is 5.45. The summed E-state index contributed by atoms with van der Waals surface area (Å²) in [5.41, 5.74) is 1.55. The third-order valence-electron chi connectivity index (χ3n) is 3.79. The first-order valence-electron chi connectivity index (χ1n) is 7.45. The van der Waals surface area contributed by atoms with E-state index in [2.05, 4.69) is 20.3 Å². The van der Waals surface area contributed by atoms with Crippen LogP contribution in [0.5, 0.6) is 5.88 Å². The highest BCUT2D eigenvalue weighted by Gasteiger charge is 2.22. The van der Waals surface area contributed by atoms with Crippen molar-refractivity contribution in [2.24, 2.45) is 0 Å². The Bertz CT molecular complexity index is 874. The van der Waals surface area contributed by atoms with Crippen molar-refractivity contribution in [2.45, 2.75) is 26.8 Å². The molecule has 3 rings (SSSR count). The Hall–Kier alpha value is -2.55. The largest absolute Gasteiger partial charge is 0.467 e. The van der Waals surface area contributed by atoms with E-state index in [0.717, 1.165) is 15.6 Å². The predicted molar refractivity (Wildman–Crippen MR) is 89.1 cm³/mol. The number of hydrogen-bond acceptors (Lipinski definition) is 7. The summed E-state index contributed by atoms with van der Waals surface area (Å²) in [6.45, 7) is 5.85. The second-order valence-corrected chi connectivity index (χ2v) is 6.86. The standard InChI is InChI=1S/C15H18N6O2S/c1-9(15-10(2)24-11(3)17-15)20(4)14(22)7-23-13-6-5-12-18-16-8-21(12)19-13/h5-6,8-9H,7H2,1-4H3/t9-/m1/s1. The number of nitrogens with zero attached hydrogens (tertiary/aromatic N) is 6. The number of carbonyl (C=O) groups excluding carboxylic acids is 1. The lowest BCUT2D eigenvalue weighted by Crippen LogP contribution is -2.34. The smallest absolute Gasteiger partial charge is 0.260 e. The van der Waals surface area contributed by atoms with E-state index in [1.54, 1.807) is 35.4 Å². The van der Waals surface area contributed by atoms with Gasteiger partial charge in [0.2, 0.25) is 5.88 Å². The molecule has 0 spiro atoms. The Balaban J connectivity index is 1.64. The molecule has 0 unspecified atom stereocenters. The first-order chi connectivity index (χ1) is 11.5. The van der Waals surface area contributed by atoms with E-state index in [0.29, 0.717) is 11.5 Å². The van der Waals surface area contributed by atoms with Crippen molar-refractivity contribution < 1.29 is 9.53 Å². The molecule has 1 atom stereocenters. The molecule has 3 aromatic heterocycles. The normalized spacial score (nSPS) is 12.3. The van der Waals surface area contributed by atoms with Crippen LogP contribution in [0.15, 0.2) is 18.5 Å². The van der Waals surface area contributed by atoms with Gasteiger partial charge in [-0.2, -0.15) is 4.52 Å². The summed E-state index contributed by atoms with van der Waals surface area (Å²) in [4.78, 5) is 19.7. The maximum atomic E-state index is 12.4. The molecule has 0 aliphatic rings. The average molecular weight is 346 g/mol. The molecule has 9 heteroatoms.